The van der Waals surface area contributed by atoms with Crippen molar-refractivity contribution in [2.45, 2.75) is 45.2 Å². The first kappa shape index (κ1) is 12.8. The molecule has 17 heavy (non-hydrogen) atoms. The Morgan fingerprint density at radius 1 is 1.29 bits per heavy atom. The van der Waals surface area contributed by atoms with Gasteiger partial charge >= 0.3 is 0 Å². The lowest BCUT2D eigenvalue weighted by Crippen LogP contribution is -2.51. The minimum absolute atomic E-state index is 0.134. The quantitative estimate of drug-likeness (QED) is 0.744. The van der Waals surface area contributed by atoms with Gasteiger partial charge in [0.25, 0.3) is 0 Å². The Morgan fingerprint density at radius 3 is 2.71 bits per heavy atom. The van der Waals surface area contributed by atoms with E-state index < -0.39 is 0 Å². The van der Waals surface area contributed by atoms with E-state index in [4.69, 9.17) is 10.5 Å². The Balaban J connectivity index is 1.98. The highest BCUT2D eigenvalue weighted by Crippen LogP contribution is 2.30. The maximum Gasteiger partial charge on any atom is 0.226 e. The zero-order chi connectivity index (χ0) is 12.4. The molecule has 0 aromatic rings. The smallest absolute Gasteiger partial charge is 0.226 e. The molecule has 1 aliphatic heterocycles. The number of nitrogens with two attached hydrogens (primary N) is 1. The van der Waals surface area contributed by atoms with Crippen molar-refractivity contribution in [3.8, 4) is 0 Å². The fraction of sp³-hybridized carbons (Fsp3) is 0.923. The molecular weight excluding hydrogens is 216 g/mol. The Kier molecular flexibility index (Phi) is 4.05. The summed E-state index contributed by atoms with van der Waals surface area (Å²) in [4.78, 5) is 14.5. The van der Waals surface area contributed by atoms with Crippen LogP contribution >= 0.6 is 0 Å². The summed E-state index contributed by atoms with van der Waals surface area (Å²) in [6, 6.07) is 0.411. The Bertz CT molecular complexity index is 273. The van der Waals surface area contributed by atoms with E-state index in [-0.39, 0.29) is 18.0 Å². The van der Waals surface area contributed by atoms with Crippen LogP contribution in [0.25, 0.3) is 0 Å². The number of nitrogens with zero attached hydrogens (tertiary/aromatic N) is 1. The third-order valence-corrected chi connectivity index (χ3v) is 3.98. The number of carbonyl (C=O) groups excluding carboxylic acids is 1. The second kappa shape index (κ2) is 5.36. The summed E-state index contributed by atoms with van der Waals surface area (Å²) >= 11 is 0. The van der Waals surface area contributed by atoms with Crippen LogP contribution in [0.1, 0.15) is 33.1 Å². The Morgan fingerprint density at radius 2 is 2.06 bits per heavy atom. The molecule has 0 radical (unpaired) electrons. The van der Waals surface area contributed by atoms with E-state index in [9.17, 15) is 4.79 Å². The van der Waals surface area contributed by atoms with Gasteiger partial charge in [0.1, 0.15) is 0 Å². The number of hydrogen-bond donors (Lipinski definition) is 1. The number of rotatable bonds is 1. The van der Waals surface area contributed by atoms with Crippen molar-refractivity contribution in [1.82, 2.24) is 4.90 Å². The fourth-order valence-electron chi connectivity index (χ4n) is 3.15. The van der Waals surface area contributed by atoms with Crippen molar-refractivity contribution in [2.75, 3.05) is 19.8 Å². The van der Waals surface area contributed by atoms with Gasteiger partial charge in [-0.25, -0.2) is 0 Å². The maximum absolute atomic E-state index is 12.5. The van der Waals surface area contributed by atoms with Crippen LogP contribution in [0, 0.1) is 11.8 Å². The lowest BCUT2D eigenvalue weighted by Gasteiger charge is -2.38. The van der Waals surface area contributed by atoms with Crippen molar-refractivity contribution >= 4 is 5.91 Å². The Labute approximate surface area is 103 Å². The number of carbonyl (C=O) groups is 1. The minimum atomic E-state index is 0.134. The average molecular weight is 240 g/mol. The van der Waals surface area contributed by atoms with E-state index in [1.165, 1.54) is 0 Å². The van der Waals surface area contributed by atoms with Gasteiger partial charge in [-0.1, -0.05) is 6.92 Å². The van der Waals surface area contributed by atoms with Crippen molar-refractivity contribution in [2.24, 2.45) is 17.6 Å². The topological polar surface area (TPSA) is 55.6 Å². The second-order valence-electron chi connectivity index (χ2n) is 5.72. The summed E-state index contributed by atoms with van der Waals surface area (Å²) in [5, 5.41) is 0. The van der Waals surface area contributed by atoms with Crippen LogP contribution in [0.4, 0.5) is 0 Å². The SMILES string of the molecule is CC1CC(N)CC(C(=O)N2CCOCC2C)C1. The highest BCUT2D eigenvalue weighted by Gasteiger charge is 2.34. The van der Waals surface area contributed by atoms with E-state index in [1.54, 1.807) is 0 Å². The van der Waals surface area contributed by atoms with Gasteiger partial charge in [0.05, 0.1) is 19.3 Å². The van der Waals surface area contributed by atoms with E-state index in [0.717, 1.165) is 25.8 Å². The standard InChI is InChI=1S/C13H24N2O2/c1-9-5-11(7-12(14)6-9)13(16)15-3-4-17-8-10(15)2/h9-12H,3-8,14H2,1-2H3. The molecule has 4 unspecified atom stereocenters. The zero-order valence-corrected chi connectivity index (χ0v) is 10.9. The second-order valence-corrected chi connectivity index (χ2v) is 5.72. The van der Waals surface area contributed by atoms with E-state index in [0.29, 0.717) is 25.0 Å². The average Bonchev–Trinajstić information content (AvgIpc) is 2.27. The molecule has 1 saturated heterocycles. The molecule has 98 valence electrons. The van der Waals surface area contributed by atoms with Gasteiger partial charge < -0.3 is 15.4 Å². The van der Waals surface area contributed by atoms with Gasteiger partial charge in [-0.15, -0.1) is 0 Å². The molecule has 4 nitrogen and oxygen atoms in total. The molecule has 1 saturated carbocycles. The van der Waals surface area contributed by atoms with Crippen LogP contribution in [0.15, 0.2) is 0 Å². The molecule has 0 aromatic heterocycles. The summed E-state index contributed by atoms with van der Waals surface area (Å²) in [7, 11) is 0. The lowest BCUT2D eigenvalue weighted by atomic mass is 9.79. The van der Waals surface area contributed by atoms with Crippen LogP contribution < -0.4 is 5.73 Å². The van der Waals surface area contributed by atoms with Crippen LogP contribution in [-0.4, -0.2) is 42.6 Å². The normalized spacial score (nSPS) is 39.1. The maximum atomic E-state index is 12.5. The van der Waals surface area contributed by atoms with Crippen molar-refractivity contribution in [1.29, 1.82) is 0 Å². The molecule has 0 bridgehead atoms. The zero-order valence-electron chi connectivity index (χ0n) is 10.9. The first-order chi connectivity index (χ1) is 8.08. The van der Waals surface area contributed by atoms with Crippen LogP contribution in [-0.2, 0) is 9.53 Å². The van der Waals surface area contributed by atoms with Crippen molar-refractivity contribution in [3.05, 3.63) is 0 Å². The van der Waals surface area contributed by atoms with Crippen LogP contribution in [0.5, 0.6) is 0 Å². The van der Waals surface area contributed by atoms with Crippen molar-refractivity contribution in [3.63, 3.8) is 0 Å². The number of amides is 1. The summed E-state index contributed by atoms with van der Waals surface area (Å²) < 4.78 is 5.37. The molecule has 2 rings (SSSR count). The fourth-order valence-corrected chi connectivity index (χ4v) is 3.15. The largest absolute Gasteiger partial charge is 0.377 e. The van der Waals surface area contributed by atoms with Gasteiger partial charge in [-0.05, 0) is 32.1 Å². The molecule has 1 heterocycles. The summed E-state index contributed by atoms with van der Waals surface area (Å²) in [5.41, 5.74) is 6.02. The van der Waals surface area contributed by atoms with Crippen LogP contribution in [0.3, 0.4) is 0 Å². The first-order valence-corrected chi connectivity index (χ1v) is 6.71. The van der Waals surface area contributed by atoms with Gasteiger partial charge in [0.2, 0.25) is 5.91 Å². The van der Waals surface area contributed by atoms with Crippen LogP contribution in [0.2, 0.25) is 0 Å². The van der Waals surface area contributed by atoms with Gasteiger partial charge in [0.15, 0.2) is 0 Å². The number of ether oxygens (including phenoxy) is 1. The minimum Gasteiger partial charge on any atom is -0.377 e. The number of hydrogen-bond acceptors (Lipinski definition) is 3. The summed E-state index contributed by atoms with van der Waals surface area (Å²) in [5.74, 6) is 1.00. The lowest BCUT2D eigenvalue weighted by molar-refractivity contribution is -0.145. The summed E-state index contributed by atoms with van der Waals surface area (Å²) in [6.45, 7) is 6.33. The Hall–Kier alpha value is -0.610. The predicted molar refractivity (Wildman–Crippen MR) is 66.5 cm³/mol. The van der Waals surface area contributed by atoms with Gasteiger partial charge in [-0.3, -0.25) is 4.79 Å². The highest BCUT2D eigenvalue weighted by molar-refractivity contribution is 5.79. The number of morpholine rings is 1. The van der Waals surface area contributed by atoms with E-state index in [2.05, 4.69) is 13.8 Å². The first-order valence-electron chi connectivity index (χ1n) is 6.71. The van der Waals surface area contributed by atoms with E-state index >= 15 is 0 Å². The van der Waals surface area contributed by atoms with Crippen molar-refractivity contribution < 1.29 is 9.53 Å². The third kappa shape index (κ3) is 2.99. The molecule has 0 aromatic carbocycles. The van der Waals surface area contributed by atoms with Gasteiger partial charge in [0, 0.05) is 18.5 Å². The molecular formula is C13H24N2O2. The van der Waals surface area contributed by atoms with E-state index in [1.807, 2.05) is 4.90 Å². The highest BCUT2D eigenvalue weighted by atomic mass is 16.5. The predicted octanol–water partition coefficient (Wildman–Crippen LogP) is 0.997. The third-order valence-electron chi connectivity index (χ3n) is 3.98. The molecule has 1 aliphatic carbocycles. The molecule has 2 N–H and O–H groups in total. The molecule has 1 amide bonds. The molecule has 2 fully saturated rings. The monoisotopic (exact) mass is 240 g/mol. The van der Waals surface area contributed by atoms with Gasteiger partial charge in [-0.2, -0.15) is 0 Å². The molecule has 4 heteroatoms. The molecule has 0 spiro atoms. The summed E-state index contributed by atoms with van der Waals surface area (Å²) in [6.07, 6.45) is 2.91. The molecule has 4 atom stereocenters. The molecule has 2 aliphatic rings.